The molecule has 0 bridgehead atoms. The van der Waals surface area contributed by atoms with Gasteiger partial charge in [0.2, 0.25) is 0 Å². The summed E-state index contributed by atoms with van der Waals surface area (Å²) >= 11 is 0. The number of aryl methyl sites for hydroxylation is 1. The highest BCUT2D eigenvalue weighted by Crippen LogP contribution is 2.32. The Bertz CT molecular complexity index is 1130. The van der Waals surface area contributed by atoms with Crippen molar-refractivity contribution in [2.45, 2.75) is 38.6 Å². The highest BCUT2D eigenvalue weighted by molar-refractivity contribution is 6.08. The Morgan fingerprint density at radius 3 is 2.63 bits per heavy atom. The van der Waals surface area contributed by atoms with Gasteiger partial charge in [-0.15, -0.1) is 0 Å². The predicted octanol–water partition coefficient (Wildman–Crippen LogP) is 4.56. The average Bonchev–Trinajstić information content (AvgIpc) is 3.19. The summed E-state index contributed by atoms with van der Waals surface area (Å²) < 4.78 is 2.37. The molecule has 27 heavy (non-hydrogen) atoms. The number of aliphatic hydroxyl groups excluding tert-OH is 1. The van der Waals surface area contributed by atoms with Crippen LogP contribution in [0, 0.1) is 0 Å². The van der Waals surface area contributed by atoms with Crippen LogP contribution in [-0.2, 0) is 19.5 Å². The number of aromatic nitrogens is 1. The lowest BCUT2D eigenvalue weighted by atomic mass is 10.1. The lowest BCUT2D eigenvalue weighted by Gasteiger charge is -2.18. The normalized spacial score (nSPS) is 19.0. The quantitative estimate of drug-likeness (QED) is 0.562. The molecule has 2 atom stereocenters. The zero-order valence-corrected chi connectivity index (χ0v) is 15.5. The number of rotatable bonds is 4. The van der Waals surface area contributed by atoms with Crippen LogP contribution in [-0.4, -0.2) is 15.8 Å². The van der Waals surface area contributed by atoms with E-state index in [2.05, 4.69) is 77.5 Å². The van der Waals surface area contributed by atoms with Gasteiger partial charge in [-0.2, -0.15) is 0 Å². The van der Waals surface area contributed by atoms with Crippen molar-refractivity contribution in [3.8, 4) is 0 Å². The van der Waals surface area contributed by atoms with Crippen molar-refractivity contribution in [3.63, 3.8) is 0 Å². The minimum atomic E-state index is -0.354. The number of nitrogens with zero attached hydrogens (tertiary/aromatic N) is 1. The van der Waals surface area contributed by atoms with Gasteiger partial charge in [0.15, 0.2) is 0 Å². The molecule has 3 aromatic carbocycles. The molecule has 1 heterocycles. The van der Waals surface area contributed by atoms with Crippen molar-refractivity contribution < 1.29 is 5.11 Å². The first-order valence-electron chi connectivity index (χ1n) is 9.75. The Morgan fingerprint density at radius 2 is 1.74 bits per heavy atom. The fourth-order valence-corrected chi connectivity index (χ4v) is 4.60. The van der Waals surface area contributed by atoms with Crippen LogP contribution in [0.2, 0.25) is 0 Å². The third-order valence-electron chi connectivity index (χ3n) is 5.88. The van der Waals surface area contributed by atoms with E-state index < -0.39 is 0 Å². The van der Waals surface area contributed by atoms with E-state index in [1.165, 1.54) is 38.5 Å². The standard InChI is InChI=1S/C24H24N2O/c1-2-26-21-10-6-5-9-19(21)20-13-16(11-12-22(20)26)15-25-24-18-8-4-3-7-17(18)14-23(24)27/h3-13,23-25,27H,2,14-15H2,1H3/t23-,24+/m0/s1. The molecule has 0 saturated heterocycles. The maximum atomic E-state index is 10.5. The second kappa shape index (κ2) is 6.52. The van der Waals surface area contributed by atoms with E-state index in [4.69, 9.17) is 0 Å². The zero-order valence-electron chi connectivity index (χ0n) is 15.5. The molecule has 1 aliphatic carbocycles. The van der Waals surface area contributed by atoms with Crippen LogP contribution in [0.3, 0.4) is 0 Å². The molecule has 1 aliphatic rings. The van der Waals surface area contributed by atoms with E-state index in [1.807, 2.05) is 6.07 Å². The maximum Gasteiger partial charge on any atom is 0.0775 e. The number of hydrogen-bond donors (Lipinski definition) is 2. The number of aliphatic hydroxyl groups is 1. The van der Waals surface area contributed by atoms with Gasteiger partial charge in [0, 0.05) is 41.3 Å². The van der Waals surface area contributed by atoms with E-state index in [9.17, 15) is 5.11 Å². The monoisotopic (exact) mass is 356 g/mol. The molecule has 1 aromatic heterocycles. The van der Waals surface area contributed by atoms with E-state index in [1.54, 1.807) is 0 Å². The highest BCUT2D eigenvalue weighted by atomic mass is 16.3. The molecule has 0 fully saturated rings. The van der Waals surface area contributed by atoms with E-state index >= 15 is 0 Å². The van der Waals surface area contributed by atoms with Crippen LogP contribution in [0.1, 0.15) is 29.7 Å². The van der Waals surface area contributed by atoms with Gasteiger partial charge >= 0.3 is 0 Å². The van der Waals surface area contributed by atoms with Crippen LogP contribution in [0.4, 0.5) is 0 Å². The fraction of sp³-hybridized carbons (Fsp3) is 0.250. The summed E-state index contributed by atoms with van der Waals surface area (Å²) in [5, 5.41) is 16.7. The van der Waals surface area contributed by atoms with E-state index in [-0.39, 0.29) is 12.1 Å². The number of hydrogen-bond acceptors (Lipinski definition) is 2. The molecule has 4 aromatic rings. The minimum absolute atomic E-state index is 0.00822. The molecule has 0 amide bonds. The Kier molecular flexibility index (Phi) is 4.00. The van der Waals surface area contributed by atoms with Crippen LogP contribution < -0.4 is 5.32 Å². The lowest BCUT2D eigenvalue weighted by Crippen LogP contribution is -2.28. The highest BCUT2D eigenvalue weighted by Gasteiger charge is 2.30. The first-order valence-corrected chi connectivity index (χ1v) is 9.75. The molecule has 0 spiro atoms. The van der Waals surface area contributed by atoms with Crippen molar-refractivity contribution in [1.29, 1.82) is 0 Å². The summed E-state index contributed by atoms with van der Waals surface area (Å²) in [6, 6.07) is 23.7. The van der Waals surface area contributed by atoms with Crippen molar-refractivity contribution in [3.05, 3.63) is 83.4 Å². The summed E-state index contributed by atoms with van der Waals surface area (Å²) in [4.78, 5) is 0. The third-order valence-corrected chi connectivity index (χ3v) is 5.88. The zero-order chi connectivity index (χ0) is 18.4. The van der Waals surface area contributed by atoms with Gasteiger partial charge in [-0.05, 0) is 41.8 Å². The summed E-state index contributed by atoms with van der Waals surface area (Å²) in [5.41, 5.74) is 6.31. The molecule has 3 nitrogen and oxygen atoms in total. The summed E-state index contributed by atoms with van der Waals surface area (Å²) in [7, 11) is 0. The van der Waals surface area contributed by atoms with E-state index in [0.29, 0.717) is 0 Å². The largest absolute Gasteiger partial charge is 0.391 e. The first kappa shape index (κ1) is 16.5. The Balaban J connectivity index is 1.47. The third kappa shape index (κ3) is 2.66. The van der Waals surface area contributed by atoms with Crippen LogP contribution >= 0.6 is 0 Å². The van der Waals surface area contributed by atoms with Gasteiger partial charge in [-0.25, -0.2) is 0 Å². The van der Waals surface area contributed by atoms with E-state index in [0.717, 1.165) is 19.5 Å². The lowest BCUT2D eigenvalue weighted by molar-refractivity contribution is 0.140. The molecule has 0 aliphatic heterocycles. The molecule has 0 saturated carbocycles. The minimum Gasteiger partial charge on any atom is -0.391 e. The smallest absolute Gasteiger partial charge is 0.0775 e. The fourth-order valence-electron chi connectivity index (χ4n) is 4.60. The van der Waals surface area contributed by atoms with Crippen molar-refractivity contribution in [2.24, 2.45) is 0 Å². The van der Waals surface area contributed by atoms with Gasteiger partial charge in [-0.1, -0.05) is 48.5 Å². The van der Waals surface area contributed by atoms with Crippen molar-refractivity contribution in [1.82, 2.24) is 9.88 Å². The van der Waals surface area contributed by atoms with Crippen LogP contribution in [0.5, 0.6) is 0 Å². The Labute approximate surface area is 159 Å². The topological polar surface area (TPSA) is 37.2 Å². The number of benzene rings is 3. The van der Waals surface area contributed by atoms with Gasteiger partial charge in [-0.3, -0.25) is 0 Å². The van der Waals surface area contributed by atoms with Gasteiger partial charge < -0.3 is 15.0 Å². The molecule has 3 heteroatoms. The molecular formula is C24H24N2O. The summed E-state index contributed by atoms with van der Waals surface area (Å²) in [6.07, 6.45) is 0.379. The Hall–Kier alpha value is -2.62. The number of nitrogens with one attached hydrogen (secondary N) is 1. The number of para-hydroxylation sites is 1. The molecule has 5 rings (SSSR count). The molecule has 0 unspecified atom stereocenters. The van der Waals surface area contributed by atoms with Gasteiger partial charge in [0.1, 0.15) is 0 Å². The average molecular weight is 356 g/mol. The Morgan fingerprint density at radius 1 is 0.963 bits per heavy atom. The second-order valence-electron chi connectivity index (χ2n) is 7.44. The molecular weight excluding hydrogens is 332 g/mol. The summed E-state index contributed by atoms with van der Waals surface area (Å²) in [5.74, 6) is 0. The van der Waals surface area contributed by atoms with Crippen LogP contribution in [0.25, 0.3) is 21.8 Å². The van der Waals surface area contributed by atoms with Crippen LogP contribution in [0.15, 0.2) is 66.7 Å². The molecule has 136 valence electrons. The SMILES string of the molecule is CCn1c2ccccc2c2cc(CN[C@@H]3c4ccccc4C[C@@H]3O)ccc21. The van der Waals surface area contributed by atoms with Crippen molar-refractivity contribution in [2.75, 3.05) is 0 Å². The number of fused-ring (bicyclic) bond motifs is 4. The van der Waals surface area contributed by atoms with Crippen molar-refractivity contribution >= 4 is 21.8 Å². The van der Waals surface area contributed by atoms with Gasteiger partial charge in [0.25, 0.3) is 0 Å². The molecule has 2 N–H and O–H groups in total. The van der Waals surface area contributed by atoms with Gasteiger partial charge in [0.05, 0.1) is 12.1 Å². The molecule has 0 radical (unpaired) electrons. The maximum absolute atomic E-state index is 10.5. The summed E-state index contributed by atoms with van der Waals surface area (Å²) in [6.45, 7) is 3.91. The predicted molar refractivity (Wildman–Crippen MR) is 111 cm³/mol. The second-order valence-corrected chi connectivity index (χ2v) is 7.44. The first-order chi connectivity index (χ1) is 13.3.